The van der Waals surface area contributed by atoms with E-state index >= 15 is 0 Å². The van der Waals surface area contributed by atoms with Crippen molar-refractivity contribution < 1.29 is 30.0 Å². The zero-order chi connectivity index (χ0) is 27.3. The summed E-state index contributed by atoms with van der Waals surface area (Å²) in [5, 5.41) is 12.1. The molecule has 0 spiro atoms. The van der Waals surface area contributed by atoms with Crippen molar-refractivity contribution in [2.75, 3.05) is 0 Å². The molecule has 4 nitrogen and oxygen atoms in total. The second kappa shape index (κ2) is 10.5. The smallest absolute Gasteiger partial charge is 0.155 e. The van der Waals surface area contributed by atoms with Gasteiger partial charge in [0.05, 0.1) is 11.3 Å². The molecule has 0 amide bonds. The maximum atomic E-state index is 10.0. The standard InChI is InChI=1S/C30H21N2.C5H8O2.Ir/c1-30(2)22-14-9-17-26-28(22)27-21(29-23(30)18-19-10-6-7-15-24(19)31-29)13-8-16-25(27)32(26)20-11-4-3-5-12-20;1-4(6)3-5(2)7;/h3-12,14-18H,1-2H3;3,6H,1-2H3;/q-1;;/b;4-3-;. The summed E-state index contributed by atoms with van der Waals surface area (Å²) in [4.78, 5) is 15.2. The van der Waals surface area contributed by atoms with Gasteiger partial charge in [0.15, 0.2) is 5.78 Å². The van der Waals surface area contributed by atoms with Crippen molar-refractivity contribution in [2.24, 2.45) is 0 Å². The van der Waals surface area contributed by atoms with Crippen LogP contribution in [0, 0.1) is 6.07 Å². The molecule has 0 bridgehead atoms. The van der Waals surface area contributed by atoms with Gasteiger partial charge in [-0.3, -0.25) is 9.78 Å². The van der Waals surface area contributed by atoms with E-state index in [4.69, 9.17) is 10.1 Å². The first kappa shape index (κ1) is 27.5. The van der Waals surface area contributed by atoms with Gasteiger partial charge in [-0.2, -0.15) is 0 Å². The Balaban J connectivity index is 0.000000362. The Bertz CT molecular complexity index is 1930. The fourth-order valence-electron chi connectivity index (χ4n) is 5.83. The van der Waals surface area contributed by atoms with Crippen LogP contribution in [-0.2, 0) is 30.3 Å². The second-order valence-corrected chi connectivity index (χ2v) is 10.6. The number of fused-ring (bicyclic) bond motifs is 3. The van der Waals surface area contributed by atoms with Crippen LogP contribution in [0.3, 0.4) is 0 Å². The minimum Gasteiger partial charge on any atom is -0.512 e. The van der Waals surface area contributed by atoms with E-state index in [1.54, 1.807) is 0 Å². The van der Waals surface area contributed by atoms with Crippen LogP contribution in [0.15, 0.2) is 103 Å². The van der Waals surface area contributed by atoms with Gasteiger partial charge in [0.25, 0.3) is 0 Å². The van der Waals surface area contributed by atoms with Crippen LogP contribution in [-0.4, -0.2) is 20.4 Å². The molecule has 4 aromatic carbocycles. The average Bonchev–Trinajstić information content (AvgIpc) is 3.23. The Hall–Kier alpha value is -4.05. The quantitative estimate of drug-likeness (QED) is 0.112. The van der Waals surface area contributed by atoms with Crippen LogP contribution < -0.4 is 0 Å². The van der Waals surface area contributed by atoms with Gasteiger partial charge < -0.3 is 9.67 Å². The third kappa shape index (κ3) is 4.46. The van der Waals surface area contributed by atoms with Gasteiger partial charge in [-0.25, -0.2) is 0 Å². The first-order valence-corrected chi connectivity index (χ1v) is 13.1. The van der Waals surface area contributed by atoms with E-state index in [9.17, 15) is 4.79 Å². The summed E-state index contributed by atoms with van der Waals surface area (Å²) < 4.78 is 2.38. The number of carbonyl (C=O) groups excluding carboxylic acids is 1. The van der Waals surface area contributed by atoms with Crippen molar-refractivity contribution in [2.45, 2.75) is 33.1 Å². The number of aliphatic hydroxyl groups excluding tert-OH is 1. The van der Waals surface area contributed by atoms with E-state index in [1.165, 1.54) is 63.9 Å². The molecule has 2 heterocycles. The molecule has 201 valence electrons. The monoisotopic (exact) mass is 702 g/mol. The number of hydrogen-bond acceptors (Lipinski definition) is 3. The van der Waals surface area contributed by atoms with E-state index in [0.29, 0.717) is 0 Å². The molecule has 1 radical (unpaired) electrons. The van der Waals surface area contributed by atoms with Crippen molar-refractivity contribution in [3.05, 3.63) is 120 Å². The molecule has 5 heteroatoms. The van der Waals surface area contributed by atoms with Gasteiger partial charge in [0.2, 0.25) is 0 Å². The predicted octanol–water partition coefficient (Wildman–Crippen LogP) is 8.47. The normalized spacial score (nSPS) is 13.3. The molecule has 7 rings (SSSR count). The molecule has 1 aliphatic rings. The number of carbonyl (C=O) groups is 1. The number of ketones is 1. The summed E-state index contributed by atoms with van der Waals surface area (Å²) in [7, 11) is 0. The van der Waals surface area contributed by atoms with Gasteiger partial charge in [-0.1, -0.05) is 79.4 Å². The summed E-state index contributed by atoms with van der Waals surface area (Å²) in [6, 6.07) is 35.9. The summed E-state index contributed by atoms with van der Waals surface area (Å²) >= 11 is 0. The first-order chi connectivity index (χ1) is 18.8. The summed E-state index contributed by atoms with van der Waals surface area (Å²) in [6.45, 7) is 7.50. The number of aromatic nitrogens is 2. The number of rotatable bonds is 2. The number of nitrogens with zero attached hydrogens (tertiary/aromatic N) is 2. The van der Waals surface area contributed by atoms with E-state index in [2.05, 4.69) is 115 Å². The fourth-order valence-corrected chi connectivity index (χ4v) is 5.83. The Morgan fingerprint density at radius 1 is 0.875 bits per heavy atom. The Morgan fingerprint density at radius 2 is 1.57 bits per heavy atom. The molecular weight excluding hydrogens is 673 g/mol. The number of para-hydroxylation sites is 2. The zero-order valence-electron chi connectivity index (χ0n) is 22.8. The first-order valence-electron chi connectivity index (χ1n) is 13.1. The molecule has 0 saturated carbocycles. The Labute approximate surface area is 247 Å². The summed E-state index contributed by atoms with van der Waals surface area (Å²) in [5.41, 5.74) is 9.17. The van der Waals surface area contributed by atoms with E-state index in [-0.39, 0.29) is 37.1 Å². The molecule has 0 aliphatic heterocycles. The Kier molecular flexibility index (Phi) is 7.22. The topological polar surface area (TPSA) is 55.1 Å². The number of hydrogen-bond donors (Lipinski definition) is 1. The van der Waals surface area contributed by atoms with E-state index < -0.39 is 0 Å². The van der Waals surface area contributed by atoms with Crippen molar-refractivity contribution in [3.63, 3.8) is 0 Å². The SMILES string of the molecule is CC(=O)/C=C(/C)O.CC1(C)c2cc3ccccc3nc2-c2[c-]ccc3c2c2c1cccc2n3-c1ccccc1.[Ir]. The minimum absolute atomic E-state index is 0. The maximum absolute atomic E-state index is 10.0. The number of pyridine rings is 1. The van der Waals surface area contributed by atoms with Crippen LogP contribution >= 0.6 is 0 Å². The van der Waals surface area contributed by atoms with E-state index in [1.807, 2.05) is 0 Å². The van der Waals surface area contributed by atoms with Crippen molar-refractivity contribution in [1.82, 2.24) is 9.55 Å². The van der Waals surface area contributed by atoms with Crippen molar-refractivity contribution >= 4 is 38.5 Å². The van der Waals surface area contributed by atoms with Gasteiger partial charge in [-0.05, 0) is 65.7 Å². The molecule has 0 unspecified atom stereocenters. The largest absolute Gasteiger partial charge is 0.512 e. The molecule has 40 heavy (non-hydrogen) atoms. The molecule has 0 saturated heterocycles. The maximum Gasteiger partial charge on any atom is 0.155 e. The van der Waals surface area contributed by atoms with Crippen molar-refractivity contribution in [3.8, 4) is 16.9 Å². The number of benzene rings is 4. The van der Waals surface area contributed by atoms with Crippen LogP contribution in [0.25, 0.3) is 49.7 Å². The third-order valence-electron chi connectivity index (χ3n) is 7.48. The third-order valence-corrected chi connectivity index (χ3v) is 7.48. The molecule has 1 aliphatic carbocycles. The van der Waals surface area contributed by atoms with Crippen LogP contribution in [0.4, 0.5) is 0 Å². The molecule has 0 atom stereocenters. The van der Waals surface area contributed by atoms with Crippen molar-refractivity contribution in [1.29, 1.82) is 0 Å². The molecule has 6 aromatic rings. The van der Waals surface area contributed by atoms with Crippen LogP contribution in [0.1, 0.15) is 38.8 Å². The van der Waals surface area contributed by atoms with E-state index in [0.717, 1.165) is 16.8 Å². The number of aliphatic hydroxyl groups is 1. The minimum atomic E-state index is -0.200. The van der Waals surface area contributed by atoms with Crippen LogP contribution in [0.2, 0.25) is 0 Å². The van der Waals surface area contributed by atoms with Gasteiger partial charge >= 0.3 is 0 Å². The van der Waals surface area contributed by atoms with Gasteiger partial charge in [0, 0.05) is 42.8 Å². The number of allylic oxidation sites excluding steroid dienone is 2. The summed E-state index contributed by atoms with van der Waals surface area (Å²) in [6.07, 6.45) is 1.17. The van der Waals surface area contributed by atoms with Gasteiger partial charge in [0.1, 0.15) is 0 Å². The second-order valence-electron chi connectivity index (χ2n) is 10.6. The average molecular weight is 702 g/mol. The summed E-state index contributed by atoms with van der Waals surface area (Å²) in [5.74, 6) is -0.0625. The molecular formula is C35H29IrN2O2-. The van der Waals surface area contributed by atoms with Gasteiger partial charge in [-0.15, -0.1) is 23.8 Å². The fraction of sp³-hybridized carbons (Fsp3) is 0.143. The Morgan fingerprint density at radius 3 is 2.27 bits per heavy atom. The van der Waals surface area contributed by atoms with Crippen LogP contribution in [0.5, 0.6) is 0 Å². The molecule has 1 N–H and O–H groups in total. The molecule has 2 aromatic heterocycles. The molecule has 0 fully saturated rings. The zero-order valence-corrected chi connectivity index (χ0v) is 25.2. The predicted molar refractivity (Wildman–Crippen MR) is 160 cm³/mol.